The van der Waals surface area contributed by atoms with E-state index >= 15 is 0 Å². The third kappa shape index (κ3) is 1.72. The lowest BCUT2D eigenvalue weighted by Crippen LogP contribution is -2.43. The Morgan fingerprint density at radius 3 is 3.00 bits per heavy atom. The van der Waals surface area contributed by atoms with Gasteiger partial charge in [0, 0.05) is 23.9 Å². The van der Waals surface area contributed by atoms with Crippen LogP contribution in [0, 0.1) is 0 Å². The number of amides is 1. The van der Waals surface area contributed by atoms with E-state index in [0.29, 0.717) is 5.91 Å². The second-order valence-corrected chi connectivity index (χ2v) is 5.02. The van der Waals surface area contributed by atoms with Crippen molar-refractivity contribution in [1.29, 1.82) is 0 Å². The molecule has 68 valence electrons. The Kier molecular flexibility index (Phi) is 2.83. The number of hydrogen-bond donors (Lipinski definition) is 1. The summed E-state index contributed by atoms with van der Waals surface area (Å²) in [6, 6.07) is 0.0914. The Labute approximate surface area is 80.6 Å². The summed E-state index contributed by atoms with van der Waals surface area (Å²) >= 11 is 3.64. The zero-order valence-corrected chi connectivity index (χ0v) is 8.42. The van der Waals surface area contributed by atoms with Crippen LogP contribution in [0.2, 0.25) is 0 Å². The molecule has 2 heterocycles. The van der Waals surface area contributed by atoms with E-state index in [9.17, 15) is 4.79 Å². The topological polar surface area (TPSA) is 32.3 Å². The summed E-state index contributed by atoms with van der Waals surface area (Å²) in [5, 5.41) is 3.20. The number of hydrogen-bond acceptors (Lipinski definition) is 4. The summed E-state index contributed by atoms with van der Waals surface area (Å²) in [5.74, 6) is 4.16. The minimum absolute atomic E-state index is 0.0914. The summed E-state index contributed by atoms with van der Waals surface area (Å²) < 4.78 is 0. The van der Waals surface area contributed by atoms with Crippen LogP contribution in [0.1, 0.15) is 0 Å². The van der Waals surface area contributed by atoms with Crippen molar-refractivity contribution >= 4 is 29.4 Å². The summed E-state index contributed by atoms with van der Waals surface area (Å²) in [6.07, 6.45) is 0. The van der Waals surface area contributed by atoms with Gasteiger partial charge in [0.05, 0.1) is 11.9 Å². The summed E-state index contributed by atoms with van der Waals surface area (Å²) in [4.78, 5) is 13.6. The summed E-state index contributed by atoms with van der Waals surface area (Å²) in [5.41, 5.74) is 0. The molecule has 2 aliphatic heterocycles. The van der Waals surface area contributed by atoms with Crippen LogP contribution in [0.4, 0.5) is 0 Å². The van der Waals surface area contributed by atoms with Gasteiger partial charge in [0.25, 0.3) is 0 Å². The Bertz CT molecular complexity index is 158. The van der Waals surface area contributed by atoms with E-state index in [1.54, 1.807) is 11.8 Å². The lowest BCUT2D eigenvalue weighted by molar-refractivity contribution is -0.131. The van der Waals surface area contributed by atoms with Crippen molar-refractivity contribution in [3.8, 4) is 0 Å². The molecule has 0 unspecified atom stereocenters. The van der Waals surface area contributed by atoms with E-state index in [4.69, 9.17) is 0 Å². The molecule has 12 heavy (non-hydrogen) atoms. The molecular weight excluding hydrogens is 192 g/mol. The molecule has 1 N–H and O–H groups in total. The second-order valence-electron chi connectivity index (χ2n) is 2.91. The van der Waals surface area contributed by atoms with Crippen molar-refractivity contribution in [1.82, 2.24) is 10.2 Å². The van der Waals surface area contributed by atoms with Crippen LogP contribution < -0.4 is 5.32 Å². The first-order chi connectivity index (χ1) is 5.88. The summed E-state index contributed by atoms with van der Waals surface area (Å²) in [7, 11) is 0. The Morgan fingerprint density at radius 2 is 2.42 bits per heavy atom. The van der Waals surface area contributed by atoms with Crippen molar-refractivity contribution in [2.75, 3.05) is 29.8 Å². The van der Waals surface area contributed by atoms with E-state index in [0.717, 1.165) is 29.8 Å². The largest absolute Gasteiger partial charge is 0.331 e. The highest BCUT2D eigenvalue weighted by Crippen LogP contribution is 2.17. The van der Waals surface area contributed by atoms with E-state index in [-0.39, 0.29) is 6.04 Å². The highest BCUT2D eigenvalue weighted by atomic mass is 32.2. The number of thioether (sulfide) groups is 2. The standard InChI is InChI=1S/C7H12N2OS2/c10-7(6-3-12-4-8-6)9-1-2-11-5-9/h6,8H,1-5H2/t6-/m0/s1. The number of rotatable bonds is 1. The smallest absolute Gasteiger partial charge is 0.241 e. The Balaban J connectivity index is 1.89. The van der Waals surface area contributed by atoms with Gasteiger partial charge in [-0.2, -0.15) is 0 Å². The molecule has 1 atom stereocenters. The normalized spacial score (nSPS) is 29.7. The number of nitrogens with zero attached hydrogens (tertiary/aromatic N) is 1. The molecule has 5 heteroatoms. The van der Waals surface area contributed by atoms with Gasteiger partial charge < -0.3 is 4.90 Å². The zero-order valence-electron chi connectivity index (χ0n) is 6.78. The summed E-state index contributed by atoms with van der Waals surface area (Å²) in [6.45, 7) is 0.937. The van der Waals surface area contributed by atoms with Crippen molar-refractivity contribution in [3.05, 3.63) is 0 Å². The van der Waals surface area contributed by atoms with E-state index < -0.39 is 0 Å². The van der Waals surface area contributed by atoms with E-state index in [1.807, 2.05) is 16.7 Å². The molecule has 0 aromatic heterocycles. The lowest BCUT2D eigenvalue weighted by Gasteiger charge is -2.18. The Morgan fingerprint density at radius 1 is 1.50 bits per heavy atom. The molecule has 0 aliphatic carbocycles. The van der Waals surface area contributed by atoms with Gasteiger partial charge in [0.15, 0.2) is 0 Å². The molecule has 1 amide bonds. The molecule has 0 bridgehead atoms. The third-order valence-electron chi connectivity index (χ3n) is 2.08. The maximum absolute atomic E-state index is 11.7. The number of carbonyl (C=O) groups is 1. The predicted octanol–water partition coefficient (Wildman–Crippen LogP) is 0.182. The molecule has 0 saturated carbocycles. The minimum atomic E-state index is 0.0914. The fourth-order valence-electron chi connectivity index (χ4n) is 1.36. The second kappa shape index (κ2) is 3.89. The van der Waals surface area contributed by atoms with Crippen LogP contribution in [-0.4, -0.2) is 46.7 Å². The average molecular weight is 204 g/mol. The third-order valence-corrected chi connectivity index (χ3v) is 3.98. The zero-order chi connectivity index (χ0) is 8.39. The molecule has 0 aromatic rings. The van der Waals surface area contributed by atoms with Crippen LogP contribution in [-0.2, 0) is 4.79 Å². The molecular formula is C7H12N2OS2. The van der Waals surface area contributed by atoms with Crippen LogP contribution in [0.15, 0.2) is 0 Å². The van der Waals surface area contributed by atoms with Gasteiger partial charge in [-0.05, 0) is 0 Å². The van der Waals surface area contributed by atoms with E-state index in [2.05, 4.69) is 5.32 Å². The van der Waals surface area contributed by atoms with Gasteiger partial charge in [-0.1, -0.05) is 0 Å². The maximum Gasteiger partial charge on any atom is 0.241 e. The van der Waals surface area contributed by atoms with Crippen LogP contribution in [0.3, 0.4) is 0 Å². The Hall–Kier alpha value is 0.130. The molecule has 0 aromatic carbocycles. The van der Waals surface area contributed by atoms with Crippen LogP contribution >= 0.6 is 23.5 Å². The molecule has 3 nitrogen and oxygen atoms in total. The molecule has 2 aliphatic rings. The van der Waals surface area contributed by atoms with Gasteiger partial charge in [0.1, 0.15) is 0 Å². The van der Waals surface area contributed by atoms with Gasteiger partial charge in [-0.25, -0.2) is 0 Å². The first-order valence-electron chi connectivity index (χ1n) is 4.05. The molecule has 0 radical (unpaired) electrons. The quantitative estimate of drug-likeness (QED) is 0.660. The highest BCUT2D eigenvalue weighted by molar-refractivity contribution is 7.99. The fourth-order valence-corrected chi connectivity index (χ4v) is 3.25. The van der Waals surface area contributed by atoms with Gasteiger partial charge in [-0.3, -0.25) is 10.1 Å². The molecule has 2 saturated heterocycles. The van der Waals surface area contributed by atoms with E-state index in [1.165, 1.54) is 0 Å². The highest BCUT2D eigenvalue weighted by Gasteiger charge is 2.28. The first kappa shape index (κ1) is 8.72. The maximum atomic E-state index is 11.7. The number of nitrogens with one attached hydrogen (secondary N) is 1. The van der Waals surface area contributed by atoms with Gasteiger partial charge in [-0.15, -0.1) is 23.5 Å². The van der Waals surface area contributed by atoms with Gasteiger partial charge in [0.2, 0.25) is 5.91 Å². The van der Waals surface area contributed by atoms with Crippen LogP contribution in [0.5, 0.6) is 0 Å². The molecule has 2 fully saturated rings. The van der Waals surface area contributed by atoms with Crippen molar-refractivity contribution in [2.45, 2.75) is 6.04 Å². The van der Waals surface area contributed by atoms with Crippen molar-refractivity contribution in [2.24, 2.45) is 0 Å². The van der Waals surface area contributed by atoms with Crippen molar-refractivity contribution < 1.29 is 4.79 Å². The molecule has 2 rings (SSSR count). The fraction of sp³-hybridized carbons (Fsp3) is 0.857. The van der Waals surface area contributed by atoms with Crippen molar-refractivity contribution in [3.63, 3.8) is 0 Å². The first-order valence-corrected chi connectivity index (χ1v) is 6.36. The number of carbonyl (C=O) groups excluding carboxylic acids is 1. The predicted molar refractivity (Wildman–Crippen MR) is 53.3 cm³/mol. The average Bonchev–Trinajstić information content (AvgIpc) is 2.77. The SMILES string of the molecule is O=C([C@@H]1CSCN1)N1CCSC1. The molecule has 0 spiro atoms. The minimum Gasteiger partial charge on any atom is -0.331 e. The van der Waals surface area contributed by atoms with Crippen LogP contribution in [0.25, 0.3) is 0 Å². The van der Waals surface area contributed by atoms with Gasteiger partial charge >= 0.3 is 0 Å². The monoisotopic (exact) mass is 204 g/mol. The lowest BCUT2D eigenvalue weighted by atomic mass is 10.3.